The lowest BCUT2D eigenvalue weighted by atomic mass is 10.0. The Hall–Kier alpha value is -1.12. The first-order valence-corrected chi connectivity index (χ1v) is 6.59. The zero-order valence-corrected chi connectivity index (χ0v) is 11.8. The molecule has 1 heterocycles. The van der Waals surface area contributed by atoms with E-state index in [4.69, 9.17) is 23.2 Å². The maximum atomic E-state index is 5.86. The van der Waals surface area contributed by atoms with Crippen LogP contribution in [0.15, 0.2) is 30.3 Å². The van der Waals surface area contributed by atoms with Crippen LogP contribution in [0.1, 0.15) is 19.4 Å². The summed E-state index contributed by atoms with van der Waals surface area (Å²) in [5.41, 5.74) is 2.23. The van der Waals surface area contributed by atoms with Gasteiger partial charge in [-0.15, -0.1) is 0 Å². The summed E-state index contributed by atoms with van der Waals surface area (Å²) >= 11 is 11.7. The molecule has 18 heavy (non-hydrogen) atoms. The summed E-state index contributed by atoms with van der Waals surface area (Å²) in [5, 5.41) is 0.715. The van der Waals surface area contributed by atoms with E-state index >= 15 is 0 Å². The Labute approximate surface area is 117 Å². The molecule has 0 amide bonds. The Bertz CT molecular complexity index is 516. The summed E-state index contributed by atoms with van der Waals surface area (Å²) in [6.07, 6.45) is 1.07. The Morgan fingerprint density at radius 3 is 2.06 bits per heavy atom. The van der Waals surface area contributed by atoms with Gasteiger partial charge in [-0.25, -0.2) is 9.97 Å². The average Bonchev–Trinajstić information content (AvgIpc) is 2.27. The molecule has 1 aromatic carbocycles. The highest BCUT2D eigenvalue weighted by atomic mass is 35.5. The molecule has 0 fully saturated rings. The minimum absolute atomic E-state index is 0.358. The molecule has 0 bridgehead atoms. The van der Waals surface area contributed by atoms with E-state index in [9.17, 15) is 0 Å². The Morgan fingerprint density at radius 2 is 1.56 bits per heavy atom. The van der Waals surface area contributed by atoms with Gasteiger partial charge in [0, 0.05) is 11.6 Å². The monoisotopic (exact) mass is 280 g/mol. The van der Waals surface area contributed by atoms with Gasteiger partial charge >= 0.3 is 0 Å². The highest BCUT2D eigenvalue weighted by molar-refractivity contribution is 6.33. The molecule has 0 aliphatic carbocycles. The molecule has 0 saturated heterocycles. The highest BCUT2D eigenvalue weighted by Gasteiger charge is 2.05. The zero-order valence-electron chi connectivity index (χ0n) is 10.3. The van der Waals surface area contributed by atoms with Crippen LogP contribution in [0.25, 0.3) is 11.4 Å². The quantitative estimate of drug-likeness (QED) is 0.765. The number of rotatable bonds is 3. The van der Waals surface area contributed by atoms with Gasteiger partial charge < -0.3 is 0 Å². The van der Waals surface area contributed by atoms with Crippen LogP contribution in [-0.4, -0.2) is 9.97 Å². The van der Waals surface area contributed by atoms with Crippen molar-refractivity contribution in [3.63, 3.8) is 0 Å². The van der Waals surface area contributed by atoms with Crippen LogP contribution in [0.4, 0.5) is 0 Å². The lowest BCUT2D eigenvalue weighted by Gasteiger charge is -2.06. The number of hydrogen-bond donors (Lipinski definition) is 0. The van der Waals surface area contributed by atoms with Crippen LogP contribution in [0.3, 0.4) is 0 Å². The summed E-state index contributed by atoms with van der Waals surface area (Å²) in [7, 11) is 0. The van der Waals surface area contributed by atoms with Crippen molar-refractivity contribution in [1.29, 1.82) is 0 Å². The largest absolute Gasteiger partial charge is 0.216 e. The molecule has 2 nitrogen and oxygen atoms in total. The molecule has 0 saturated carbocycles. The van der Waals surface area contributed by atoms with E-state index in [-0.39, 0.29) is 0 Å². The molecule has 0 radical (unpaired) electrons. The van der Waals surface area contributed by atoms with Crippen LogP contribution in [0.2, 0.25) is 10.3 Å². The maximum absolute atomic E-state index is 5.86. The van der Waals surface area contributed by atoms with Crippen molar-refractivity contribution >= 4 is 23.2 Å². The molecule has 2 rings (SSSR count). The standard InChI is InChI=1S/C14H14Cl2N2/c1-9(2)7-10-3-5-11(6-4-10)14-17-12(15)8-13(16)18-14/h3-6,8-9H,7H2,1-2H3. The fourth-order valence-corrected chi connectivity index (χ4v) is 2.20. The Morgan fingerprint density at radius 1 is 1.00 bits per heavy atom. The molecular weight excluding hydrogens is 267 g/mol. The molecule has 0 aliphatic heterocycles. The van der Waals surface area contributed by atoms with E-state index in [1.807, 2.05) is 12.1 Å². The molecule has 94 valence electrons. The zero-order chi connectivity index (χ0) is 13.1. The first-order valence-electron chi connectivity index (χ1n) is 5.84. The van der Waals surface area contributed by atoms with Gasteiger partial charge in [-0.1, -0.05) is 61.3 Å². The van der Waals surface area contributed by atoms with Gasteiger partial charge in [-0.2, -0.15) is 0 Å². The predicted octanol–water partition coefficient (Wildman–Crippen LogP) is 4.65. The van der Waals surface area contributed by atoms with Crippen molar-refractivity contribution in [3.8, 4) is 11.4 Å². The second-order valence-corrected chi connectivity index (χ2v) is 5.41. The molecule has 0 unspecified atom stereocenters. The van der Waals surface area contributed by atoms with Crippen LogP contribution < -0.4 is 0 Å². The first-order chi connectivity index (χ1) is 8.54. The van der Waals surface area contributed by atoms with Gasteiger partial charge in [0.15, 0.2) is 5.82 Å². The molecule has 0 atom stereocenters. The third-order valence-corrected chi connectivity index (χ3v) is 2.91. The van der Waals surface area contributed by atoms with Crippen LogP contribution in [-0.2, 0) is 6.42 Å². The van der Waals surface area contributed by atoms with Crippen LogP contribution in [0, 0.1) is 5.92 Å². The number of aromatic nitrogens is 2. The van der Waals surface area contributed by atoms with E-state index in [2.05, 4.69) is 35.9 Å². The maximum Gasteiger partial charge on any atom is 0.162 e. The second kappa shape index (κ2) is 5.68. The van der Waals surface area contributed by atoms with Gasteiger partial charge in [-0.3, -0.25) is 0 Å². The average molecular weight is 281 g/mol. The third-order valence-electron chi connectivity index (χ3n) is 2.52. The van der Waals surface area contributed by atoms with Crippen molar-refractivity contribution in [3.05, 3.63) is 46.2 Å². The van der Waals surface area contributed by atoms with Gasteiger partial charge in [0.1, 0.15) is 10.3 Å². The SMILES string of the molecule is CC(C)Cc1ccc(-c2nc(Cl)cc(Cl)n2)cc1. The van der Waals surface area contributed by atoms with Gasteiger partial charge in [0.2, 0.25) is 0 Å². The number of hydrogen-bond acceptors (Lipinski definition) is 2. The third kappa shape index (κ3) is 3.44. The van der Waals surface area contributed by atoms with Gasteiger partial charge in [-0.05, 0) is 17.9 Å². The number of halogens is 2. The molecule has 0 N–H and O–H groups in total. The topological polar surface area (TPSA) is 25.8 Å². The first kappa shape index (κ1) is 13.3. The van der Waals surface area contributed by atoms with Crippen LogP contribution >= 0.6 is 23.2 Å². The Kier molecular flexibility index (Phi) is 4.20. The smallest absolute Gasteiger partial charge is 0.162 e. The molecule has 4 heteroatoms. The summed E-state index contributed by atoms with van der Waals surface area (Å²) in [4.78, 5) is 8.33. The number of nitrogens with zero attached hydrogens (tertiary/aromatic N) is 2. The normalized spacial score (nSPS) is 10.9. The molecule has 0 spiro atoms. The number of benzene rings is 1. The fraction of sp³-hybridized carbons (Fsp3) is 0.286. The van der Waals surface area contributed by atoms with Crippen LogP contribution in [0.5, 0.6) is 0 Å². The summed E-state index contributed by atoms with van der Waals surface area (Å²) < 4.78 is 0. The van der Waals surface area contributed by atoms with E-state index in [1.165, 1.54) is 11.6 Å². The second-order valence-electron chi connectivity index (χ2n) is 4.63. The fourth-order valence-electron chi connectivity index (χ4n) is 1.78. The van der Waals surface area contributed by atoms with Crippen molar-refractivity contribution in [2.24, 2.45) is 5.92 Å². The van der Waals surface area contributed by atoms with Crippen molar-refractivity contribution in [2.75, 3.05) is 0 Å². The van der Waals surface area contributed by atoms with Crippen molar-refractivity contribution in [2.45, 2.75) is 20.3 Å². The predicted molar refractivity (Wildman–Crippen MR) is 76.0 cm³/mol. The minimum Gasteiger partial charge on any atom is -0.216 e. The van der Waals surface area contributed by atoms with Gasteiger partial charge in [0.05, 0.1) is 0 Å². The van der Waals surface area contributed by atoms with Crippen molar-refractivity contribution < 1.29 is 0 Å². The van der Waals surface area contributed by atoms with E-state index in [0.29, 0.717) is 22.0 Å². The van der Waals surface area contributed by atoms with Gasteiger partial charge in [0.25, 0.3) is 0 Å². The molecule has 0 aliphatic rings. The summed E-state index contributed by atoms with van der Waals surface area (Å²) in [6.45, 7) is 4.40. The lowest BCUT2D eigenvalue weighted by molar-refractivity contribution is 0.647. The minimum atomic E-state index is 0.358. The van der Waals surface area contributed by atoms with E-state index in [1.54, 1.807) is 0 Å². The molecule has 1 aromatic heterocycles. The summed E-state index contributed by atoms with van der Waals surface area (Å²) in [6, 6.07) is 9.71. The van der Waals surface area contributed by atoms with E-state index < -0.39 is 0 Å². The molecule has 2 aromatic rings. The lowest BCUT2D eigenvalue weighted by Crippen LogP contribution is -1.94. The van der Waals surface area contributed by atoms with E-state index in [0.717, 1.165) is 12.0 Å². The van der Waals surface area contributed by atoms with Crippen molar-refractivity contribution in [1.82, 2.24) is 9.97 Å². The molecular formula is C14H14Cl2N2. The summed E-state index contributed by atoms with van der Waals surface area (Å²) in [5.74, 6) is 1.20. The Balaban J connectivity index is 2.28. The highest BCUT2D eigenvalue weighted by Crippen LogP contribution is 2.21.